The number of anilines is 2. The number of aromatic amines is 1. The normalized spacial score (nSPS) is 10.4. The van der Waals surface area contributed by atoms with Crippen molar-refractivity contribution in [1.29, 1.82) is 0 Å². The maximum absolute atomic E-state index is 12.3. The van der Waals surface area contributed by atoms with Crippen LogP contribution in [0.3, 0.4) is 0 Å². The molecule has 0 radical (unpaired) electrons. The lowest BCUT2D eigenvalue weighted by Crippen LogP contribution is -2.15. The van der Waals surface area contributed by atoms with Crippen molar-refractivity contribution in [2.75, 3.05) is 11.9 Å². The standard InChI is InChI=1S/C18H18N4O2/c1-2-12-24-15-11-7-6-10-14(15)19-18-20-17(23)16(21-22-18)13-8-4-3-5-9-13/h3-11H,2,12H2,1H3,(H2,19,20,22,23). The van der Waals surface area contributed by atoms with E-state index in [1.165, 1.54) is 0 Å². The van der Waals surface area contributed by atoms with Crippen LogP contribution in [0, 0.1) is 0 Å². The second kappa shape index (κ2) is 7.41. The van der Waals surface area contributed by atoms with Crippen molar-refractivity contribution in [3.05, 3.63) is 65.0 Å². The molecule has 0 fully saturated rings. The number of benzene rings is 2. The molecule has 24 heavy (non-hydrogen) atoms. The third-order valence-electron chi connectivity index (χ3n) is 3.35. The summed E-state index contributed by atoms with van der Waals surface area (Å²) in [7, 11) is 0. The predicted octanol–water partition coefficient (Wildman–Crippen LogP) is 3.36. The van der Waals surface area contributed by atoms with Crippen LogP contribution in [-0.2, 0) is 0 Å². The Labute approximate surface area is 139 Å². The number of ether oxygens (including phenoxy) is 1. The summed E-state index contributed by atoms with van der Waals surface area (Å²) in [6.45, 7) is 2.66. The van der Waals surface area contributed by atoms with Crippen molar-refractivity contribution in [2.45, 2.75) is 13.3 Å². The van der Waals surface area contributed by atoms with E-state index in [4.69, 9.17) is 4.74 Å². The van der Waals surface area contributed by atoms with Crippen LogP contribution in [0.2, 0.25) is 0 Å². The molecule has 2 aromatic carbocycles. The number of nitrogens with zero attached hydrogens (tertiary/aromatic N) is 2. The van der Waals surface area contributed by atoms with Gasteiger partial charge in [0.2, 0.25) is 5.95 Å². The number of nitrogens with one attached hydrogen (secondary N) is 2. The van der Waals surface area contributed by atoms with Gasteiger partial charge in [-0.05, 0) is 18.6 Å². The molecule has 0 unspecified atom stereocenters. The summed E-state index contributed by atoms with van der Waals surface area (Å²) >= 11 is 0. The molecule has 0 aliphatic rings. The fraction of sp³-hybridized carbons (Fsp3) is 0.167. The average molecular weight is 322 g/mol. The summed E-state index contributed by atoms with van der Waals surface area (Å²) in [5.74, 6) is 0.973. The van der Waals surface area contributed by atoms with Crippen molar-refractivity contribution in [3.8, 4) is 17.0 Å². The third kappa shape index (κ3) is 3.60. The van der Waals surface area contributed by atoms with E-state index in [-0.39, 0.29) is 17.2 Å². The highest BCUT2D eigenvalue weighted by molar-refractivity contribution is 5.63. The summed E-state index contributed by atoms with van der Waals surface area (Å²) in [5, 5.41) is 11.1. The van der Waals surface area contributed by atoms with Crippen LogP contribution in [0.5, 0.6) is 5.75 Å². The zero-order valence-corrected chi connectivity index (χ0v) is 13.3. The number of hydrogen-bond donors (Lipinski definition) is 2. The first-order chi connectivity index (χ1) is 11.8. The monoisotopic (exact) mass is 322 g/mol. The van der Waals surface area contributed by atoms with Crippen molar-refractivity contribution < 1.29 is 4.74 Å². The van der Waals surface area contributed by atoms with Gasteiger partial charge in [0.15, 0.2) is 5.69 Å². The first kappa shape index (κ1) is 15.7. The third-order valence-corrected chi connectivity index (χ3v) is 3.35. The van der Waals surface area contributed by atoms with E-state index in [1.807, 2.05) is 61.5 Å². The zero-order chi connectivity index (χ0) is 16.8. The van der Waals surface area contributed by atoms with Gasteiger partial charge in [-0.25, -0.2) is 0 Å². The van der Waals surface area contributed by atoms with Crippen molar-refractivity contribution in [1.82, 2.24) is 15.2 Å². The smallest absolute Gasteiger partial charge is 0.279 e. The Bertz CT molecular complexity index is 862. The molecule has 0 spiro atoms. The Morgan fingerprint density at radius 1 is 1.04 bits per heavy atom. The molecule has 0 bridgehead atoms. The SMILES string of the molecule is CCCOc1ccccc1Nc1nnc(-c2ccccc2)c(=O)[nH]1. The van der Waals surface area contributed by atoms with Crippen molar-refractivity contribution in [2.24, 2.45) is 0 Å². The van der Waals surface area contributed by atoms with E-state index >= 15 is 0 Å². The van der Waals surface area contributed by atoms with Crippen LogP contribution >= 0.6 is 0 Å². The second-order valence-electron chi connectivity index (χ2n) is 5.19. The quantitative estimate of drug-likeness (QED) is 0.727. The van der Waals surface area contributed by atoms with Crippen LogP contribution in [-0.4, -0.2) is 21.8 Å². The Morgan fingerprint density at radius 2 is 1.79 bits per heavy atom. The van der Waals surface area contributed by atoms with Crippen LogP contribution in [0.1, 0.15) is 13.3 Å². The van der Waals surface area contributed by atoms with E-state index < -0.39 is 0 Å². The molecule has 6 heteroatoms. The second-order valence-corrected chi connectivity index (χ2v) is 5.19. The lowest BCUT2D eigenvalue weighted by Gasteiger charge is -2.11. The van der Waals surface area contributed by atoms with E-state index in [9.17, 15) is 4.79 Å². The molecule has 122 valence electrons. The number of rotatable bonds is 6. The first-order valence-corrected chi connectivity index (χ1v) is 7.79. The highest BCUT2D eigenvalue weighted by Crippen LogP contribution is 2.25. The highest BCUT2D eigenvalue weighted by Gasteiger charge is 2.09. The molecule has 3 rings (SSSR count). The fourth-order valence-electron chi connectivity index (χ4n) is 2.21. The minimum absolute atomic E-state index is 0.271. The maximum atomic E-state index is 12.3. The van der Waals surface area contributed by atoms with Crippen molar-refractivity contribution >= 4 is 11.6 Å². The van der Waals surface area contributed by atoms with Gasteiger partial charge in [0, 0.05) is 5.56 Å². The van der Waals surface area contributed by atoms with Gasteiger partial charge < -0.3 is 10.1 Å². The summed E-state index contributed by atoms with van der Waals surface area (Å²) < 4.78 is 5.68. The largest absolute Gasteiger partial charge is 0.491 e. The van der Waals surface area contributed by atoms with Crippen LogP contribution in [0.25, 0.3) is 11.3 Å². The average Bonchev–Trinajstić information content (AvgIpc) is 2.62. The molecule has 6 nitrogen and oxygen atoms in total. The zero-order valence-electron chi connectivity index (χ0n) is 13.3. The van der Waals surface area contributed by atoms with Crippen molar-refractivity contribution in [3.63, 3.8) is 0 Å². The molecular formula is C18H18N4O2. The van der Waals surface area contributed by atoms with Gasteiger partial charge >= 0.3 is 0 Å². The molecule has 0 aliphatic carbocycles. The fourth-order valence-corrected chi connectivity index (χ4v) is 2.21. The maximum Gasteiger partial charge on any atom is 0.279 e. The molecule has 3 aromatic rings. The molecule has 1 aromatic heterocycles. The molecule has 0 aliphatic heterocycles. The van der Waals surface area contributed by atoms with Crippen LogP contribution in [0.4, 0.5) is 11.6 Å². The van der Waals surface area contributed by atoms with Gasteiger partial charge in [-0.1, -0.05) is 49.4 Å². The van der Waals surface area contributed by atoms with Crippen LogP contribution < -0.4 is 15.6 Å². The number of aromatic nitrogens is 3. The van der Waals surface area contributed by atoms with E-state index in [0.717, 1.165) is 17.7 Å². The summed E-state index contributed by atoms with van der Waals surface area (Å²) in [6.07, 6.45) is 0.913. The topological polar surface area (TPSA) is 79.9 Å². The molecule has 0 saturated heterocycles. The Hall–Kier alpha value is -3.15. The Kier molecular flexibility index (Phi) is 4.86. The first-order valence-electron chi connectivity index (χ1n) is 7.79. The van der Waals surface area contributed by atoms with Gasteiger partial charge in [0.1, 0.15) is 5.75 Å². The molecule has 0 saturated carbocycles. The Morgan fingerprint density at radius 3 is 2.54 bits per heavy atom. The minimum Gasteiger partial charge on any atom is -0.491 e. The number of hydrogen-bond acceptors (Lipinski definition) is 5. The summed E-state index contributed by atoms with van der Waals surface area (Å²) in [5.41, 5.74) is 1.44. The van der Waals surface area contributed by atoms with Gasteiger partial charge in [0.25, 0.3) is 5.56 Å². The van der Waals surface area contributed by atoms with Gasteiger partial charge in [-0.3, -0.25) is 9.78 Å². The lowest BCUT2D eigenvalue weighted by atomic mass is 10.2. The van der Waals surface area contributed by atoms with E-state index in [2.05, 4.69) is 20.5 Å². The highest BCUT2D eigenvalue weighted by atomic mass is 16.5. The molecule has 0 atom stereocenters. The van der Waals surface area contributed by atoms with E-state index in [0.29, 0.717) is 12.4 Å². The van der Waals surface area contributed by atoms with Crippen LogP contribution in [0.15, 0.2) is 59.4 Å². The van der Waals surface area contributed by atoms with Gasteiger partial charge in [-0.15, -0.1) is 10.2 Å². The predicted molar refractivity (Wildman–Crippen MR) is 93.6 cm³/mol. The number of H-pyrrole nitrogens is 1. The molecule has 2 N–H and O–H groups in total. The summed E-state index contributed by atoms with van der Waals surface area (Å²) in [4.78, 5) is 15.0. The lowest BCUT2D eigenvalue weighted by molar-refractivity contribution is 0.319. The van der Waals surface area contributed by atoms with Gasteiger partial charge in [-0.2, -0.15) is 0 Å². The molecule has 1 heterocycles. The number of para-hydroxylation sites is 2. The molecular weight excluding hydrogens is 304 g/mol. The molecule has 0 amide bonds. The van der Waals surface area contributed by atoms with E-state index in [1.54, 1.807) is 0 Å². The summed E-state index contributed by atoms with van der Waals surface area (Å²) in [6, 6.07) is 16.7. The minimum atomic E-state index is -0.300. The Balaban J connectivity index is 1.85. The van der Waals surface area contributed by atoms with Gasteiger partial charge in [0.05, 0.1) is 12.3 Å².